The minimum Gasteiger partial charge on any atom is -0.439 e. The number of nitrogens with zero attached hydrogens (tertiary/aromatic N) is 4. The molecule has 0 atom stereocenters. The number of nitriles is 1. The molecule has 0 bridgehead atoms. The predicted molar refractivity (Wildman–Crippen MR) is 107 cm³/mol. The van der Waals surface area contributed by atoms with Gasteiger partial charge in [0, 0.05) is 31.7 Å². The fourth-order valence-corrected chi connectivity index (χ4v) is 4.72. The van der Waals surface area contributed by atoms with Crippen LogP contribution in [0.2, 0.25) is 0 Å². The minimum absolute atomic E-state index is 0.187. The molecule has 3 aromatic rings. The summed E-state index contributed by atoms with van der Waals surface area (Å²) in [4.78, 5) is 6.54. The van der Waals surface area contributed by atoms with Crippen LogP contribution in [0.25, 0.3) is 11.3 Å². The second-order valence-electron chi connectivity index (χ2n) is 6.94. The molecule has 1 aromatic heterocycles. The Hall–Kier alpha value is -3.06. The number of rotatable bonds is 5. The van der Waals surface area contributed by atoms with Crippen LogP contribution in [0.4, 0.5) is 4.39 Å². The molecule has 0 aliphatic carbocycles. The first kappa shape index (κ1) is 20.2. The molecule has 1 saturated heterocycles. The van der Waals surface area contributed by atoms with Crippen molar-refractivity contribution >= 4 is 10.0 Å². The molecule has 2 aromatic carbocycles. The third-order valence-electron chi connectivity index (χ3n) is 4.99. The van der Waals surface area contributed by atoms with E-state index in [4.69, 9.17) is 9.68 Å². The van der Waals surface area contributed by atoms with Gasteiger partial charge in [-0.15, -0.1) is 0 Å². The zero-order chi connectivity index (χ0) is 21.1. The first-order valence-electron chi connectivity index (χ1n) is 9.39. The summed E-state index contributed by atoms with van der Waals surface area (Å²) in [6, 6.07) is 13.9. The van der Waals surface area contributed by atoms with Crippen molar-refractivity contribution in [3.63, 3.8) is 0 Å². The van der Waals surface area contributed by atoms with Gasteiger partial charge in [0.05, 0.1) is 29.3 Å². The molecule has 1 fully saturated rings. The maximum absolute atomic E-state index is 13.1. The van der Waals surface area contributed by atoms with Crippen LogP contribution in [0.1, 0.15) is 11.5 Å². The summed E-state index contributed by atoms with van der Waals surface area (Å²) in [7, 11) is -3.59. The van der Waals surface area contributed by atoms with Gasteiger partial charge in [0.1, 0.15) is 5.82 Å². The van der Waals surface area contributed by atoms with Crippen molar-refractivity contribution in [3.05, 3.63) is 72.0 Å². The van der Waals surface area contributed by atoms with E-state index < -0.39 is 10.0 Å². The summed E-state index contributed by atoms with van der Waals surface area (Å²) in [6.45, 7) is 2.27. The average Bonchev–Trinajstić information content (AvgIpc) is 3.23. The number of oxazole rings is 1. The zero-order valence-corrected chi connectivity index (χ0v) is 16.8. The number of hydrogen-bond donors (Lipinski definition) is 0. The Labute approximate surface area is 174 Å². The highest BCUT2D eigenvalue weighted by Gasteiger charge is 2.29. The highest BCUT2D eigenvalue weighted by molar-refractivity contribution is 7.89. The van der Waals surface area contributed by atoms with E-state index in [0.717, 1.165) is 5.56 Å². The van der Waals surface area contributed by atoms with Gasteiger partial charge in [0.2, 0.25) is 15.9 Å². The Morgan fingerprint density at radius 2 is 1.70 bits per heavy atom. The standard InChI is InChI=1S/C21H19FN4O3S/c22-18-5-3-17(4-6-18)20-14-24-21(29-20)15-25-9-11-26(12-10-25)30(27,28)19-7-1-16(13-23)2-8-19/h1-8,14H,9-12,15H2. The van der Waals surface area contributed by atoms with Gasteiger partial charge in [-0.3, -0.25) is 4.90 Å². The van der Waals surface area contributed by atoms with Gasteiger partial charge in [-0.1, -0.05) is 0 Å². The van der Waals surface area contributed by atoms with Crippen LogP contribution in [0.15, 0.2) is 64.0 Å². The first-order chi connectivity index (χ1) is 14.5. The summed E-state index contributed by atoms with van der Waals surface area (Å²) in [5.74, 6) is 0.775. The fraction of sp³-hybridized carbons (Fsp3) is 0.238. The largest absolute Gasteiger partial charge is 0.439 e. The van der Waals surface area contributed by atoms with E-state index in [0.29, 0.717) is 49.9 Å². The highest BCUT2D eigenvalue weighted by Crippen LogP contribution is 2.22. The van der Waals surface area contributed by atoms with Crippen LogP contribution >= 0.6 is 0 Å². The van der Waals surface area contributed by atoms with Crippen LogP contribution < -0.4 is 0 Å². The molecule has 30 heavy (non-hydrogen) atoms. The van der Waals surface area contributed by atoms with Crippen molar-refractivity contribution in [1.82, 2.24) is 14.2 Å². The smallest absolute Gasteiger partial charge is 0.243 e. The molecule has 1 aliphatic rings. The van der Waals surface area contributed by atoms with Crippen molar-refractivity contribution < 1.29 is 17.2 Å². The van der Waals surface area contributed by atoms with E-state index in [-0.39, 0.29) is 10.7 Å². The zero-order valence-electron chi connectivity index (χ0n) is 16.0. The van der Waals surface area contributed by atoms with E-state index >= 15 is 0 Å². The molecule has 0 N–H and O–H groups in total. The maximum Gasteiger partial charge on any atom is 0.243 e. The lowest BCUT2D eigenvalue weighted by Gasteiger charge is -2.33. The molecule has 0 saturated carbocycles. The Kier molecular flexibility index (Phi) is 5.63. The van der Waals surface area contributed by atoms with E-state index in [2.05, 4.69) is 9.88 Å². The van der Waals surface area contributed by atoms with Gasteiger partial charge in [-0.2, -0.15) is 9.57 Å². The molecule has 4 rings (SSSR count). The Morgan fingerprint density at radius 1 is 1.03 bits per heavy atom. The lowest BCUT2D eigenvalue weighted by molar-refractivity contribution is 0.168. The Bertz CT molecular complexity index is 1160. The molecule has 0 radical (unpaired) electrons. The number of halogens is 1. The monoisotopic (exact) mass is 426 g/mol. The SMILES string of the molecule is N#Cc1ccc(S(=O)(=O)N2CCN(Cc3ncc(-c4ccc(F)cc4)o3)CC2)cc1. The van der Waals surface area contributed by atoms with E-state index in [1.807, 2.05) is 6.07 Å². The van der Waals surface area contributed by atoms with E-state index in [1.54, 1.807) is 18.3 Å². The van der Waals surface area contributed by atoms with Gasteiger partial charge < -0.3 is 4.42 Å². The fourth-order valence-electron chi connectivity index (χ4n) is 3.30. The molecule has 154 valence electrons. The lowest BCUT2D eigenvalue weighted by Crippen LogP contribution is -2.48. The van der Waals surface area contributed by atoms with Crippen molar-refractivity contribution in [3.8, 4) is 17.4 Å². The molecule has 0 unspecified atom stereocenters. The van der Waals surface area contributed by atoms with Gasteiger partial charge >= 0.3 is 0 Å². The molecule has 0 amide bonds. The number of aromatic nitrogens is 1. The summed E-state index contributed by atoms with van der Waals surface area (Å²) < 4.78 is 45.9. The van der Waals surface area contributed by atoms with E-state index in [9.17, 15) is 12.8 Å². The van der Waals surface area contributed by atoms with E-state index in [1.165, 1.54) is 40.7 Å². The number of sulfonamides is 1. The molecule has 9 heteroatoms. The highest BCUT2D eigenvalue weighted by atomic mass is 32.2. The van der Waals surface area contributed by atoms with Gasteiger partial charge in [-0.25, -0.2) is 17.8 Å². The van der Waals surface area contributed by atoms with Crippen LogP contribution in [-0.2, 0) is 16.6 Å². The lowest BCUT2D eigenvalue weighted by atomic mass is 10.2. The molecular formula is C21H19FN4O3S. The number of piperazine rings is 1. The third-order valence-corrected chi connectivity index (χ3v) is 6.91. The number of benzene rings is 2. The summed E-state index contributed by atoms with van der Waals surface area (Å²) in [6.07, 6.45) is 1.61. The van der Waals surface area contributed by atoms with Gasteiger partial charge in [0.25, 0.3) is 0 Å². The van der Waals surface area contributed by atoms with Crippen LogP contribution in [0.3, 0.4) is 0 Å². The van der Waals surface area contributed by atoms with Gasteiger partial charge in [0.15, 0.2) is 5.76 Å². The second-order valence-corrected chi connectivity index (χ2v) is 8.88. The first-order valence-corrected chi connectivity index (χ1v) is 10.8. The summed E-state index contributed by atoms with van der Waals surface area (Å²) in [5, 5.41) is 8.86. The predicted octanol–water partition coefficient (Wildman–Crippen LogP) is 2.86. The van der Waals surface area contributed by atoms with Crippen LogP contribution in [-0.4, -0.2) is 48.8 Å². The third kappa shape index (κ3) is 4.26. The molecule has 7 nitrogen and oxygen atoms in total. The minimum atomic E-state index is -3.59. The quantitative estimate of drug-likeness (QED) is 0.623. The average molecular weight is 426 g/mol. The Morgan fingerprint density at radius 3 is 2.33 bits per heavy atom. The van der Waals surface area contributed by atoms with Crippen molar-refractivity contribution in [2.24, 2.45) is 0 Å². The van der Waals surface area contributed by atoms with Crippen molar-refractivity contribution in [2.45, 2.75) is 11.4 Å². The van der Waals surface area contributed by atoms with Crippen molar-refractivity contribution in [2.75, 3.05) is 26.2 Å². The molecular weight excluding hydrogens is 407 g/mol. The topological polar surface area (TPSA) is 90.4 Å². The molecule has 2 heterocycles. The molecule has 0 spiro atoms. The van der Waals surface area contributed by atoms with Gasteiger partial charge in [-0.05, 0) is 48.5 Å². The summed E-state index contributed by atoms with van der Waals surface area (Å²) in [5.41, 5.74) is 1.17. The van der Waals surface area contributed by atoms with Crippen molar-refractivity contribution in [1.29, 1.82) is 5.26 Å². The molecule has 1 aliphatic heterocycles. The summed E-state index contributed by atoms with van der Waals surface area (Å²) >= 11 is 0. The number of hydrogen-bond acceptors (Lipinski definition) is 6. The van der Waals surface area contributed by atoms with Crippen LogP contribution in [0.5, 0.6) is 0 Å². The van der Waals surface area contributed by atoms with Crippen LogP contribution in [0, 0.1) is 17.1 Å². The normalized spacial score (nSPS) is 15.7. The Balaban J connectivity index is 1.37. The maximum atomic E-state index is 13.1. The second kappa shape index (κ2) is 8.36.